The van der Waals surface area contributed by atoms with Crippen molar-refractivity contribution in [3.8, 4) is 11.3 Å². The Morgan fingerprint density at radius 1 is 1.00 bits per heavy atom. The number of para-hydroxylation sites is 1. The molecule has 7 nitrogen and oxygen atoms in total. The standard InChI is InChI=1S/C20H16N4O3/c1-13-21-19(27-23-13)11-15-9-5-6-10-16(15)22-20(25)17-12-18(26-24-17)14-7-3-2-4-8-14/h2-10,12H,11H2,1H3,(H,22,25). The first-order chi connectivity index (χ1) is 13.2. The van der Waals surface area contributed by atoms with E-state index in [2.05, 4.69) is 20.6 Å². The summed E-state index contributed by atoms with van der Waals surface area (Å²) in [5.74, 6) is 1.25. The van der Waals surface area contributed by atoms with Gasteiger partial charge in [-0.2, -0.15) is 4.98 Å². The minimum absolute atomic E-state index is 0.206. The van der Waals surface area contributed by atoms with Gasteiger partial charge in [-0.3, -0.25) is 4.79 Å². The third kappa shape index (κ3) is 3.77. The number of amides is 1. The van der Waals surface area contributed by atoms with Crippen LogP contribution in [0.2, 0.25) is 0 Å². The largest absolute Gasteiger partial charge is 0.355 e. The monoisotopic (exact) mass is 360 g/mol. The number of carbonyl (C=O) groups excluding carboxylic acids is 1. The van der Waals surface area contributed by atoms with Crippen LogP contribution < -0.4 is 5.32 Å². The lowest BCUT2D eigenvalue weighted by Crippen LogP contribution is -2.13. The fourth-order valence-electron chi connectivity index (χ4n) is 2.68. The first kappa shape index (κ1) is 16.7. The maximum Gasteiger partial charge on any atom is 0.277 e. The predicted octanol–water partition coefficient (Wildman–Crippen LogP) is 3.88. The molecule has 0 atom stereocenters. The number of anilines is 1. The second-order valence-electron chi connectivity index (χ2n) is 5.97. The summed E-state index contributed by atoms with van der Waals surface area (Å²) >= 11 is 0. The zero-order valence-electron chi connectivity index (χ0n) is 14.5. The van der Waals surface area contributed by atoms with E-state index < -0.39 is 0 Å². The van der Waals surface area contributed by atoms with Gasteiger partial charge in [0.05, 0.1) is 6.42 Å². The topological polar surface area (TPSA) is 94.1 Å². The molecule has 27 heavy (non-hydrogen) atoms. The highest BCUT2D eigenvalue weighted by atomic mass is 16.5. The fraction of sp³-hybridized carbons (Fsp3) is 0.100. The molecule has 2 heterocycles. The average Bonchev–Trinajstić information content (AvgIpc) is 3.33. The van der Waals surface area contributed by atoms with Gasteiger partial charge in [-0.15, -0.1) is 0 Å². The van der Waals surface area contributed by atoms with Crippen LogP contribution in [0.5, 0.6) is 0 Å². The number of aryl methyl sites for hydroxylation is 1. The van der Waals surface area contributed by atoms with Gasteiger partial charge in [0.15, 0.2) is 17.3 Å². The Morgan fingerprint density at radius 2 is 1.78 bits per heavy atom. The lowest BCUT2D eigenvalue weighted by Gasteiger charge is -2.08. The molecule has 0 spiro atoms. The van der Waals surface area contributed by atoms with Gasteiger partial charge in [0, 0.05) is 17.3 Å². The molecule has 0 bridgehead atoms. The van der Waals surface area contributed by atoms with Crippen LogP contribution in [0, 0.1) is 6.92 Å². The number of carbonyl (C=O) groups is 1. The van der Waals surface area contributed by atoms with Gasteiger partial charge in [-0.05, 0) is 18.6 Å². The normalized spacial score (nSPS) is 10.7. The number of aromatic nitrogens is 3. The molecule has 0 saturated heterocycles. The Bertz CT molecular complexity index is 1070. The van der Waals surface area contributed by atoms with E-state index in [1.54, 1.807) is 13.0 Å². The van der Waals surface area contributed by atoms with Gasteiger partial charge in [0.2, 0.25) is 5.89 Å². The molecular formula is C20H16N4O3. The van der Waals surface area contributed by atoms with Gasteiger partial charge in [0.25, 0.3) is 5.91 Å². The van der Waals surface area contributed by atoms with Crippen LogP contribution in [0.15, 0.2) is 69.7 Å². The summed E-state index contributed by atoms with van der Waals surface area (Å²) in [5, 5.41) is 10.5. The van der Waals surface area contributed by atoms with Crippen LogP contribution in [0.4, 0.5) is 5.69 Å². The molecule has 0 aliphatic rings. The maximum absolute atomic E-state index is 12.6. The van der Waals surface area contributed by atoms with Gasteiger partial charge < -0.3 is 14.4 Å². The summed E-state index contributed by atoms with van der Waals surface area (Å²) in [7, 11) is 0. The van der Waals surface area contributed by atoms with Crippen molar-refractivity contribution in [2.45, 2.75) is 13.3 Å². The molecule has 2 aromatic heterocycles. The third-order valence-electron chi connectivity index (χ3n) is 3.98. The van der Waals surface area contributed by atoms with Gasteiger partial charge in [-0.25, -0.2) is 0 Å². The number of nitrogens with zero attached hydrogens (tertiary/aromatic N) is 3. The summed E-state index contributed by atoms with van der Waals surface area (Å²) < 4.78 is 10.5. The Labute approximate surface area is 155 Å². The van der Waals surface area contributed by atoms with Crippen molar-refractivity contribution in [2.75, 3.05) is 5.32 Å². The molecule has 4 rings (SSSR count). The molecule has 0 aliphatic heterocycles. The molecule has 0 saturated carbocycles. The summed E-state index contributed by atoms with van der Waals surface area (Å²) in [6, 6.07) is 18.5. The third-order valence-corrected chi connectivity index (χ3v) is 3.98. The molecule has 0 aliphatic carbocycles. The average molecular weight is 360 g/mol. The van der Waals surface area contributed by atoms with Crippen molar-refractivity contribution >= 4 is 11.6 Å². The SMILES string of the molecule is Cc1noc(Cc2ccccc2NC(=O)c2cc(-c3ccccc3)on2)n1. The van der Waals surface area contributed by atoms with Crippen molar-refractivity contribution in [3.63, 3.8) is 0 Å². The summed E-state index contributed by atoms with van der Waals surface area (Å²) in [5.41, 5.74) is 2.58. The zero-order chi connectivity index (χ0) is 18.6. The molecule has 1 amide bonds. The van der Waals surface area contributed by atoms with Crippen LogP contribution in [-0.2, 0) is 6.42 Å². The minimum Gasteiger partial charge on any atom is -0.355 e. The Hall–Kier alpha value is -3.74. The molecule has 0 radical (unpaired) electrons. The second-order valence-corrected chi connectivity index (χ2v) is 5.97. The molecule has 1 N–H and O–H groups in total. The Balaban J connectivity index is 1.53. The van der Waals surface area contributed by atoms with E-state index >= 15 is 0 Å². The number of hydrogen-bond donors (Lipinski definition) is 1. The summed E-state index contributed by atoms with van der Waals surface area (Å²) in [6.45, 7) is 1.76. The van der Waals surface area contributed by atoms with Crippen molar-refractivity contribution in [1.82, 2.24) is 15.3 Å². The van der Waals surface area contributed by atoms with E-state index in [1.807, 2.05) is 54.6 Å². The van der Waals surface area contributed by atoms with Crippen LogP contribution in [0.25, 0.3) is 11.3 Å². The van der Waals surface area contributed by atoms with Crippen LogP contribution in [0.1, 0.15) is 27.8 Å². The molecule has 4 aromatic rings. The van der Waals surface area contributed by atoms with Gasteiger partial charge >= 0.3 is 0 Å². The van der Waals surface area contributed by atoms with Crippen LogP contribution in [-0.4, -0.2) is 21.2 Å². The highest BCUT2D eigenvalue weighted by molar-refractivity contribution is 6.03. The summed E-state index contributed by atoms with van der Waals surface area (Å²) in [4.78, 5) is 16.8. The fourth-order valence-corrected chi connectivity index (χ4v) is 2.68. The second kappa shape index (κ2) is 7.25. The zero-order valence-corrected chi connectivity index (χ0v) is 14.5. The Morgan fingerprint density at radius 3 is 2.56 bits per heavy atom. The molecule has 134 valence electrons. The molecule has 0 fully saturated rings. The van der Waals surface area contributed by atoms with E-state index in [0.29, 0.717) is 29.6 Å². The first-order valence-electron chi connectivity index (χ1n) is 8.39. The highest BCUT2D eigenvalue weighted by Gasteiger charge is 2.16. The van der Waals surface area contributed by atoms with E-state index in [1.165, 1.54) is 0 Å². The Kier molecular flexibility index (Phi) is 4.49. The molecule has 0 unspecified atom stereocenters. The lowest BCUT2D eigenvalue weighted by atomic mass is 10.1. The van der Waals surface area contributed by atoms with Crippen LogP contribution in [0.3, 0.4) is 0 Å². The number of hydrogen-bond acceptors (Lipinski definition) is 6. The van der Waals surface area contributed by atoms with Crippen molar-refractivity contribution < 1.29 is 13.8 Å². The molecular weight excluding hydrogens is 344 g/mol. The van der Waals surface area contributed by atoms with Crippen molar-refractivity contribution in [1.29, 1.82) is 0 Å². The van der Waals surface area contributed by atoms with E-state index in [-0.39, 0.29) is 11.6 Å². The lowest BCUT2D eigenvalue weighted by molar-refractivity contribution is 0.101. The van der Waals surface area contributed by atoms with E-state index in [4.69, 9.17) is 9.05 Å². The highest BCUT2D eigenvalue weighted by Crippen LogP contribution is 2.22. The summed E-state index contributed by atoms with van der Waals surface area (Å²) in [6.07, 6.45) is 0.422. The van der Waals surface area contributed by atoms with Crippen LogP contribution >= 0.6 is 0 Å². The number of nitrogens with one attached hydrogen (secondary N) is 1. The first-order valence-corrected chi connectivity index (χ1v) is 8.39. The van der Waals surface area contributed by atoms with E-state index in [0.717, 1.165) is 11.1 Å². The minimum atomic E-state index is -0.352. The maximum atomic E-state index is 12.6. The van der Waals surface area contributed by atoms with Gasteiger partial charge in [-0.1, -0.05) is 58.8 Å². The smallest absolute Gasteiger partial charge is 0.277 e. The van der Waals surface area contributed by atoms with Crippen molar-refractivity contribution in [3.05, 3.63) is 83.6 Å². The molecule has 7 heteroatoms. The number of benzene rings is 2. The quantitative estimate of drug-likeness (QED) is 0.580. The van der Waals surface area contributed by atoms with E-state index in [9.17, 15) is 4.79 Å². The number of rotatable bonds is 5. The predicted molar refractivity (Wildman–Crippen MR) is 98.2 cm³/mol. The van der Waals surface area contributed by atoms with Crippen molar-refractivity contribution in [2.24, 2.45) is 0 Å². The molecule has 2 aromatic carbocycles. The van der Waals surface area contributed by atoms with Gasteiger partial charge in [0.1, 0.15) is 0 Å².